The summed E-state index contributed by atoms with van der Waals surface area (Å²) in [4.78, 5) is 8.65. The van der Waals surface area contributed by atoms with Gasteiger partial charge in [-0.15, -0.1) is 35.3 Å². The molecule has 0 saturated carbocycles. The van der Waals surface area contributed by atoms with Gasteiger partial charge in [0, 0.05) is 45.7 Å². The van der Waals surface area contributed by atoms with Gasteiger partial charge in [-0.05, 0) is 26.2 Å². The highest BCUT2D eigenvalue weighted by atomic mass is 127. The van der Waals surface area contributed by atoms with Crippen molar-refractivity contribution in [1.29, 1.82) is 0 Å². The van der Waals surface area contributed by atoms with Crippen LogP contribution in [0.4, 0.5) is 0 Å². The summed E-state index contributed by atoms with van der Waals surface area (Å²) in [7, 11) is 3.54. The number of hydrogen-bond acceptors (Lipinski definition) is 4. The van der Waals surface area contributed by atoms with Crippen molar-refractivity contribution in [3.63, 3.8) is 0 Å². The molecule has 5 nitrogen and oxygen atoms in total. The molecule has 0 aliphatic rings. The van der Waals surface area contributed by atoms with Crippen LogP contribution in [0.15, 0.2) is 10.4 Å². The zero-order chi connectivity index (χ0) is 14.6. The molecule has 0 fully saturated rings. The lowest BCUT2D eigenvalue weighted by atomic mass is 10.2. The average Bonchev–Trinajstić information content (AvgIpc) is 2.86. The summed E-state index contributed by atoms with van der Waals surface area (Å²) in [5.41, 5.74) is 1.15. The van der Waals surface area contributed by atoms with E-state index in [0.29, 0.717) is 0 Å². The Balaban J connectivity index is 0.00000400. The number of halogens is 1. The second kappa shape index (κ2) is 13.3. The van der Waals surface area contributed by atoms with Crippen LogP contribution in [0.25, 0.3) is 0 Å². The molecule has 0 spiro atoms. The molecule has 0 aliphatic carbocycles. The van der Waals surface area contributed by atoms with Gasteiger partial charge in [0.05, 0.1) is 10.7 Å². The number of aliphatic imine (C=N–C) groups is 1. The van der Waals surface area contributed by atoms with Crippen LogP contribution >= 0.6 is 35.3 Å². The van der Waals surface area contributed by atoms with E-state index in [0.717, 1.165) is 55.6 Å². The van der Waals surface area contributed by atoms with Gasteiger partial charge in [0.25, 0.3) is 0 Å². The monoisotopic (exact) mass is 426 g/mol. The Kier molecular flexibility index (Phi) is 13.0. The van der Waals surface area contributed by atoms with E-state index >= 15 is 0 Å². The second-order valence-corrected chi connectivity index (χ2v) is 5.65. The number of rotatable bonds is 9. The smallest absolute Gasteiger partial charge is 0.190 e. The molecule has 0 aromatic carbocycles. The van der Waals surface area contributed by atoms with E-state index in [-0.39, 0.29) is 24.0 Å². The van der Waals surface area contributed by atoms with E-state index < -0.39 is 0 Å². The molecule has 1 aromatic heterocycles. The third kappa shape index (κ3) is 10.0. The van der Waals surface area contributed by atoms with Crippen molar-refractivity contribution in [2.45, 2.75) is 32.6 Å². The number of nitrogens with zero attached hydrogens (tertiary/aromatic N) is 2. The fourth-order valence-electron chi connectivity index (χ4n) is 1.81. The van der Waals surface area contributed by atoms with Crippen LogP contribution < -0.4 is 10.6 Å². The van der Waals surface area contributed by atoms with Gasteiger partial charge < -0.3 is 15.4 Å². The summed E-state index contributed by atoms with van der Waals surface area (Å²) >= 11 is 1.70. The van der Waals surface area contributed by atoms with E-state index in [1.165, 1.54) is 6.42 Å². The summed E-state index contributed by atoms with van der Waals surface area (Å²) in [5, 5.41) is 9.86. The number of hydrogen-bond donors (Lipinski definition) is 2. The van der Waals surface area contributed by atoms with Crippen molar-refractivity contribution < 1.29 is 4.74 Å². The number of aromatic nitrogens is 1. The number of unbranched alkanes of at least 4 members (excludes halogenated alkanes) is 2. The summed E-state index contributed by atoms with van der Waals surface area (Å²) in [6.07, 6.45) is 4.36. The minimum Gasteiger partial charge on any atom is -0.385 e. The molecular weight excluding hydrogens is 399 g/mol. The molecular formula is C14H27IN4OS. The predicted octanol–water partition coefficient (Wildman–Crippen LogP) is 2.59. The molecule has 7 heteroatoms. The van der Waals surface area contributed by atoms with Crippen LogP contribution in [0.2, 0.25) is 0 Å². The maximum Gasteiger partial charge on any atom is 0.190 e. The molecule has 1 aromatic rings. The number of aryl methyl sites for hydroxylation is 1. The van der Waals surface area contributed by atoms with Crippen LogP contribution in [0.5, 0.6) is 0 Å². The Bertz CT molecular complexity index is 398. The molecule has 21 heavy (non-hydrogen) atoms. The minimum atomic E-state index is 0. The van der Waals surface area contributed by atoms with Crippen molar-refractivity contribution in [3.05, 3.63) is 16.1 Å². The molecule has 122 valence electrons. The third-order valence-corrected chi connectivity index (χ3v) is 3.70. The van der Waals surface area contributed by atoms with Gasteiger partial charge in [-0.2, -0.15) is 0 Å². The third-order valence-electron chi connectivity index (χ3n) is 2.88. The Morgan fingerprint density at radius 1 is 1.29 bits per heavy atom. The lowest BCUT2D eigenvalue weighted by molar-refractivity contribution is 0.192. The normalized spacial score (nSPS) is 11.1. The zero-order valence-electron chi connectivity index (χ0n) is 13.1. The van der Waals surface area contributed by atoms with Gasteiger partial charge in [0.1, 0.15) is 0 Å². The Morgan fingerprint density at radius 2 is 2.05 bits per heavy atom. The van der Waals surface area contributed by atoms with E-state index in [9.17, 15) is 0 Å². The highest BCUT2D eigenvalue weighted by molar-refractivity contribution is 14.0. The average molecular weight is 426 g/mol. The predicted molar refractivity (Wildman–Crippen MR) is 101 cm³/mol. The molecule has 0 bridgehead atoms. The standard InChI is InChI=1S/C14H26N4OS.HI/c1-12-18-13(11-20-12)7-9-17-14(15-2)16-8-5-4-6-10-19-3;/h11H,4-10H2,1-3H3,(H2,15,16,17);1H. The van der Waals surface area contributed by atoms with Crippen molar-refractivity contribution >= 4 is 41.3 Å². The first kappa shape index (κ1) is 20.6. The van der Waals surface area contributed by atoms with Crippen molar-refractivity contribution in [2.24, 2.45) is 4.99 Å². The van der Waals surface area contributed by atoms with Gasteiger partial charge in [0.15, 0.2) is 5.96 Å². The topological polar surface area (TPSA) is 58.5 Å². The number of ether oxygens (including phenoxy) is 1. The van der Waals surface area contributed by atoms with Crippen LogP contribution in [0.3, 0.4) is 0 Å². The van der Waals surface area contributed by atoms with Crippen LogP contribution in [-0.2, 0) is 11.2 Å². The second-order valence-electron chi connectivity index (χ2n) is 4.59. The van der Waals surface area contributed by atoms with Crippen molar-refractivity contribution in [3.8, 4) is 0 Å². The van der Waals surface area contributed by atoms with Gasteiger partial charge in [-0.1, -0.05) is 0 Å². The molecule has 0 amide bonds. The van der Waals surface area contributed by atoms with Gasteiger partial charge in [-0.3, -0.25) is 4.99 Å². The zero-order valence-corrected chi connectivity index (χ0v) is 16.3. The molecule has 0 unspecified atom stereocenters. The summed E-state index contributed by atoms with van der Waals surface area (Å²) in [6, 6.07) is 0. The highest BCUT2D eigenvalue weighted by Gasteiger charge is 2.00. The van der Waals surface area contributed by atoms with Crippen molar-refractivity contribution in [1.82, 2.24) is 15.6 Å². The van der Waals surface area contributed by atoms with Crippen LogP contribution in [-0.4, -0.2) is 44.8 Å². The molecule has 0 saturated heterocycles. The first-order valence-electron chi connectivity index (χ1n) is 7.10. The number of guanidine groups is 1. The molecule has 0 atom stereocenters. The SMILES string of the molecule is CN=C(NCCCCCOC)NCCc1csc(C)n1.I. The highest BCUT2D eigenvalue weighted by Crippen LogP contribution is 2.07. The fourth-order valence-corrected chi connectivity index (χ4v) is 2.45. The summed E-state index contributed by atoms with van der Waals surface area (Å²) in [6.45, 7) is 4.68. The summed E-state index contributed by atoms with van der Waals surface area (Å²) in [5.74, 6) is 0.865. The Hall–Kier alpha value is -0.410. The van der Waals surface area contributed by atoms with Gasteiger partial charge in [-0.25, -0.2) is 4.98 Å². The minimum absolute atomic E-state index is 0. The first-order valence-corrected chi connectivity index (χ1v) is 7.98. The first-order chi connectivity index (χ1) is 9.76. The molecule has 1 heterocycles. The van der Waals surface area contributed by atoms with Crippen LogP contribution in [0, 0.1) is 6.92 Å². The molecule has 0 aliphatic heterocycles. The Morgan fingerprint density at radius 3 is 2.67 bits per heavy atom. The maximum absolute atomic E-state index is 5.03. The molecule has 0 radical (unpaired) electrons. The quantitative estimate of drug-likeness (QED) is 0.276. The van der Waals surface area contributed by atoms with E-state index in [4.69, 9.17) is 4.74 Å². The fraction of sp³-hybridized carbons (Fsp3) is 0.714. The number of thiazole rings is 1. The lowest BCUT2D eigenvalue weighted by Crippen LogP contribution is -2.38. The maximum atomic E-state index is 5.03. The van der Waals surface area contributed by atoms with Gasteiger partial charge in [0.2, 0.25) is 0 Å². The largest absolute Gasteiger partial charge is 0.385 e. The molecule has 2 N–H and O–H groups in total. The van der Waals surface area contributed by atoms with Gasteiger partial charge >= 0.3 is 0 Å². The molecule has 1 rings (SSSR count). The lowest BCUT2D eigenvalue weighted by Gasteiger charge is -2.11. The number of methoxy groups -OCH3 is 1. The van der Waals surface area contributed by atoms with Crippen molar-refractivity contribution in [2.75, 3.05) is 33.9 Å². The van der Waals surface area contributed by atoms with E-state index in [1.807, 2.05) is 6.92 Å². The van der Waals surface area contributed by atoms with Crippen LogP contribution in [0.1, 0.15) is 30.0 Å². The Labute approximate surface area is 149 Å². The van der Waals surface area contributed by atoms with E-state index in [2.05, 4.69) is 26.0 Å². The number of nitrogens with one attached hydrogen (secondary N) is 2. The summed E-state index contributed by atoms with van der Waals surface area (Å²) < 4.78 is 5.03. The van der Waals surface area contributed by atoms with E-state index in [1.54, 1.807) is 25.5 Å².